The van der Waals surface area contributed by atoms with E-state index in [1.165, 1.54) is 11.3 Å². The number of benzene rings is 2. The van der Waals surface area contributed by atoms with Crippen molar-refractivity contribution < 1.29 is 23.9 Å². The average Bonchev–Trinajstić information content (AvgIpc) is 3.26. The SMILES string of the molecule is COc1ccc(C2(C)NC(=O)N(CC(=O)Nc3nc4ccc(OC)cc4s3)C2=O)cc1. The number of aromatic nitrogens is 1. The molecular formula is C21H20N4O5S. The molecule has 1 fully saturated rings. The Hall–Kier alpha value is -3.66. The van der Waals surface area contributed by atoms with Crippen molar-refractivity contribution in [3.05, 3.63) is 48.0 Å². The highest BCUT2D eigenvalue weighted by molar-refractivity contribution is 7.22. The van der Waals surface area contributed by atoms with Crippen LogP contribution in [0.3, 0.4) is 0 Å². The van der Waals surface area contributed by atoms with Crippen molar-refractivity contribution in [1.29, 1.82) is 0 Å². The molecule has 160 valence electrons. The van der Waals surface area contributed by atoms with Gasteiger partial charge in [-0.15, -0.1) is 0 Å². The van der Waals surface area contributed by atoms with Crippen molar-refractivity contribution >= 4 is 44.5 Å². The van der Waals surface area contributed by atoms with Crippen LogP contribution in [0.15, 0.2) is 42.5 Å². The smallest absolute Gasteiger partial charge is 0.325 e. The van der Waals surface area contributed by atoms with E-state index in [9.17, 15) is 14.4 Å². The molecule has 1 aliphatic rings. The number of methoxy groups -OCH3 is 2. The first-order chi connectivity index (χ1) is 14.8. The zero-order valence-electron chi connectivity index (χ0n) is 17.1. The van der Waals surface area contributed by atoms with Crippen LogP contribution in [-0.4, -0.2) is 48.5 Å². The van der Waals surface area contributed by atoms with E-state index in [0.717, 1.165) is 9.60 Å². The van der Waals surface area contributed by atoms with Crippen molar-refractivity contribution in [1.82, 2.24) is 15.2 Å². The quantitative estimate of drug-likeness (QED) is 0.571. The number of amides is 4. The molecule has 3 aromatic rings. The number of thiazole rings is 1. The van der Waals surface area contributed by atoms with Crippen LogP contribution in [0.5, 0.6) is 11.5 Å². The largest absolute Gasteiger partial charge is 0.497 e. The lowest BCUT2D eigenvalue weighted by Gasteiger charge is -2.22. The molecule has 2 N–H and O–H groups in total. The van der Waals surface area contributed by atoms with Gasteiger partial charge in [-0.1, -0.05) is 23.5 Å². The standard InChI is InChI=1S/C21H20N4O5S/c1-21(12-4-6-13(29-2)7-5-12)18(27)25(20(28)24-21)11-17(26)23-19-22-15-9-8-14(30-3)10-16(15)31-19/h4-10H,11H2,1-3H3,(H,24,28)(H,22,23,26). The van der Waals surface area contributed by atoms with Gasteiger partial charge in [-0.25, -0.2) is 9.78 Å². The Morgan fingerprint density at radius 2 is 1.81 bits per heavy atom. The second kappa shape index (κ2) is 7.88. The van der Waals surface area contributed by atoms with Gasteiger partial charge in [-0.2, -0.15) is 0 Å². The first-order valence-electron chi connectivity index (χ1n) is 9.37. The molecule has 0 aliphatic carbocycles. The number of nitrogens with zero attached hydrogens (tertiary/aromatic N) is 2. The molecule has 4 amide bonds. The number of fused-ring (bicyclic) bond motifs is 1. The summed E-state index contributed by atoms with van der Waals surface area (Å²) in [6, 6.07) is 11.6. The molecule has 0 saturated carbocycles. The fourth-order valence-electron chi connectivity index (χ4n) is 3.35. The average molecular weight is 440 g/mol. The molecular weight excluding hydrogens is 420 g/mol. The fraction of sp³-hybridized carbons (Fsp3) is 0.238. The van der Waals surface area contributed by atoms with Crippen molar-refractivity contribution in [2.24, 2.45) is 0 Å². The first kappa shape index (κ1) is 20.6. The topological polar surface area (TPSA) is 110 Å². The number of nitrogens with one attached hydrogen (secondary N) is 2. The first-order valence-corrected chi connectivity index (χ1v) is 10.2. The van der Waals surface area contributed by atoms with E-state index in [1.54, 1.807) is 57.5 Å². The number of urea groups is 1. The van der Waals surface area contributed by atoms with Crippen molar-refractivity contribution in [2.75, 3.05) is 26.1 Å². The predicted octanol–water partition coefficient (Wildman–Crippen LogP) is 2.72. The Kier molecular flexibility index (Phi) is 5.24. The van der Waals surface area contributed by atoms with Gasteiger partial charge in [0.2, 0.25) is 5.91 Å². The van der Waals surface area contributed by atoms with Gasteiger partial charge in [-0.3, -0.25) is 14.5 Å². The van der Waals surface area contributed by atoms with Crippen molar-refractivity contribution in [2.45, 2.75) is 12.5 Å². The summed E-state index contributed by atoms with van der Waals surface area (Å²) in [5, 5.41) is 5.71. The Labute approximate surface area is 182 Å². The highest BCUT2D eigenvalue weighted by atomic mass is 32.1. The molecule has 2 heterocycles. The van der Waals surface area contributed by atoms with E-state index >= 15 is 0 Å². The maximum atomic E-state index is 13.0. The van der Waals surface area contributed by atoms with E-state index in [1.807, 2.05) is 6.07 Å². The van der Waals surface area contributed by atoms with Gasteiger partial charge in [0.15, 0.2) is 5.13 Å². The van der Waals surface area contributed by atoms with Gasteiger partial charge in [0.25, 0.3) is 5.91 Å². The lowest BCUT2D eigenvalue weighted by molar-refractivity contribution is -0.133. The van der Waals surface area contributed by atoms with E-state index in [2.05, 4.69) is 15.6 Å². The molecule has 1 aromatic heterocycles. The number of hydrogen-bond acceptors (Lipinski definition) is 7. The van der Waals surface area contributed by atoms with E-state index in [0.29, 0.717) is 27.7 Å². The van der Waals surface area contributed by atoms with Crippen LogP contribution in [0.2, 0.25) is 0 Å². The summed E-state index contributed by atoms with van der Waals surface area (Å²) in [5.74, 6) is 0.292. The second-order valence-corrected chi connectivity index (χ2v) is 8.11. The molecule has 10 heteroatoms. The zero-order valence-corrected chi connectivity index (χ0v) is 17.9. The summed E-state index contributed by atoms with van der Waals surface area (Å²) in [5.41, 5.74) is 0.0358. The van der Waals surface area contributed by atoms with Crippen LogP contribution in [0.25, 0.3) is 10.2 Å². The number of hydrogen-bond donors (Lipinski definition) is 2. The third kappa shape index (κ3) is 3.77. The Morgan fingerprint density at radius 3 is 2.48 bits per heavy atom. The Bertz CT molecular complexity index is 1180. The Balaban J connectivity index is 1.47. The molecule has 1 atom stereocenters. The normalized spacial score (nSPS) is 18.2. The number of rotatable bonds is 6. The zero-order chi connectivity index (χ0) is 22.2. The van der Waals surface area contributed by atoms with Gasteiger partial charge in [-0.05, 0) is 42.8 Å². The van der Waals surface area contributed by atoms with Gasteiger partial charge >= 0.3 is 6.03 Å². The summed E-state index contributed by atoms with van der Waals surface area (Å²) in [6.07, 6.45) is 0. The lowest BCUT2D eigenvalue weighted by atomic mass is 9.92. The minimum absolute atomic E-state index is 0.373. The van der Waals surface area contributed by atoms with Crippen LogP contribution in [0, 0.1) is 0 Å². The van der Waals surface area contributed by atoms with Gasteiger partial charge in [0.05, 0.1) is 24.4 Å². The minimum atomic E-state index is -1.27. The van der Waals surface area contributed by atoms with Crippen LogP contribution in [-0.2, 0) is 15.1 Å². The minimum Gasteiger partial charge on any atom is -0.497 e. The third-order valence-electron chi connectivity index (χ3n) is 5.09. The molecule has 0 spiro atoms. The fourth-order valence-corrected chi connectivity index (χ4v) is 4.26. The van der Waals surface area contributed by atoms with Crippen LogP contribution in [0.1, 0.15) is 12.5 Å². The molecule has 31 heavy (non-hydrogen) atoms. The number of anilines is 1. The number of carbonyl (C=O) groups excluding carboxylic acids is 3. The molecule has 2 aromatic carbocycles. The van der Waals surface area contributed by atoms with Crippen molar-refractivity contribution in [3.8, 4) is 11.5 Å². The van der Waals surface area contributed by atoms with Gasteiger partial charge < -0.3 is 20.1 Å². The molecule has 1 aliphatic heterocycles. The summed E-state index contributed by atoms with van der Waals surface area (Å²) >= 11 is 1.28. The third-order valence-corrected chi connectivity index (χ3v) is 6.02. The Morgan fingerprint density at radius 1 is 1.13 bits per heavy atom. The molecule has 0 radical (unpaired) electrons. The van der Waals surface area contributed by atoms with E-state index < -0.39 is 29.9 Å². The second-order valence-electron chi connectivity index (χ2n) is 7.08. The lowest BCUT2D eigenvalue weighted by Crippen LogP contribution is -2.42. The van der Waals surface area contributed by atoms with Gasteiger partial charge in [0, 0.05) is 0 Å². The number of imide groups is 1. The predicted molar refractivity (Wildman–Crippen MR) is 115 cm³/mol. The number of ether oxygens (including phenoxy) is 2. The summed E-state index contributed by atoms with van der Waals surface area (Å²) in [6.45, 7) is 1.18. The summed E-state index contributed by atoms with van der Waals surface area (Å²) in [7, 11) is 3.12. The van der Waals surface area contributed by atoms with E-state index in [-0.39, 0.29) is 0 Å². The molecule has 4 rings (SSSR count). The molecule has 9 nitrogen and oxygen atoms in total. The molecule has 1 unspecified atom stereocenters. The highest BCUT2D eigenvalue weighted by Crippen LogP contribution is 2.31. The number of carbonyl (C=O) groups is 3. The molecule has 0 bridgehead atoms. The maximum absolute atomic E-state index is 13.0. The van der Waals surface area contributed by atoms with Crippen LogP contribution < -0.4 is 20.1 Å². The van der Waals surface area contributed by atoms with Crippen LogP contribution in [0.4, 0.5) is 9.93 Å². The van der Waals surface area contributed by atoms with Gasteiger partial charge in [0.1, 0.15) is 23.6 Å². The van der Waals surface area contributed by atoms with Crippen molar-refractivity contribution in [3.63, 3.8) is 0 Å². The summed E-state index contributed by atoms with van der Waals surface area (Å²) in [4.78, 5) is 43.2. The molecule has 1 saturated heterocycles. The maximum Gasteiger partial charge on any atom is 0.325 e. The van der Waals surface area contributed by atoms with Crippen LogP contribution >= 0.6 is 11.3 Å². The monoisotopic (exact) mass is 440 g/mol. The highest BCUT2D eigenvalue weighted by Gasteiger charge is 2.49. The summed E-state index contributed by atoms with van der Waals surface area (Å²) < 4.78 is 11.2. The van der Waals surface area contributed by atoms with E-state index in [4.69, 9.17) is 9.47 Å².